The molecule has 2 aliphatic rings. The molecule has 35 heavy (non-hydrogen) atoms. The largest absolute Gasteiger partial charge is 0.378 e. The standard InChI is InChI=1S/C27H37N3O4S/c1-5-35(32,33)24-10-9-23(28-14-24)13-29-27(31)21-8-11-25-22(12-21)16-30(26(25)18(2)3)15-20-7-6-19(4)34-17-20/h8-12,14,18-20,26H,5-7,13,15-17H2,1-4H3,(H,29,31)/t19?,20?,26-/m0/s1. The predicted molar refractivity (Wildman–Crippen MR) is 136 cm³/mol. The number of carbonyl (C=O) groups excluding carboxylic acids is 1. The molecule has 4 rings (SSSR count). The first-order chi connectivity index (χ1) is 16.7. The molecule has 1 aromatic carbocycles. The summed E-state index contributed by atoms with van der Waals surface area (Å²) in [5.74, 6) is 0.904. The predicted octanol–water partition coefficient (Wildman–Crippen LogP) is 4.13. The molecule has 2 aliphatic heterocycles. The maximum Gasteiger partial charge on any atom is 0.251 e. The maximum absolute atomic E-state index is 12.9. The average molecular weight is 500 g/mol. The lowest BCUT2D eigenvalue weighted by Gasteiger charge is -2.34. The Kier molecular flexibility index (Phi) is 7.93. The summed E-state index contributed by atoms with van der Waals surface area (Å²) in [6, 6.07) is 9.57. The number of benzene rings is 1. The highest BCUT2D eigenvalue weighted by Crippen LogP contribution is 2.40. The van der Waals surface area contributed by atoms with Crippen LogP contribution in [0.15, 0.2) is 41.4 Å². The summed E-state index contributed by atoms with van der Waals surface area (Å²) >= 11 is 0. The first-order valence-corrected chi connectivity index (χ1v) is 14.3. The van der Waals surface area contributed by atoms with Crippen molar-refractivity contribution in [3.63, 3.8) is 0 Å². The quantitative estimate of drug-likeness (QED) is 0.588. The number of hydrogen-bond acceptors (Lipinski definition) is 6. The Hall–Kier alpha value is -2.29. The SMILES string of the molecule is CCS(=O)(=O)c1ccc(CNC(=O)c2ccc3c(c2)CN(CC2CCC(C)OC2)[C@H]3C(C)C)nc1. The van der Waals surface area contributed by atoms with E-state index in [2.05, 4.69) is 42.0 Å². The lowest BCUT2D eigenvalue weighted by molar-refractivity contribution is -0.0201. The molecular formula is C27H37N3O4S. The van der Waals surface area contributed by atoms with Crippen molar-refractivity contribution in [3.05, 3.63) is 58.9 Å². The number of nitrogens with one attached hydrogen (secondary N) is 1. The van der Waals surface area contributed by atoms with Crippen molar-refractivity contribution in [2.24, 2.45) is 11.8 Å². The third kappa shape index (κ3) is 5.93. The van der Waals surface area contributed by atoms with E-state index < -0.39 is 9.84 Å². The highest BCUT2D eigenvalue weighted by Gasteiger charge is 2.34. The first-order valence-electron chi connectivity index (χ1n) is 12.6. The van der Waals surface area contributed by atoms with Crippen molar-refractivity contribution in [1.82, 2.24) is 15.2 Å². The molecule has 2 unspecified atom stereocenters. The van der Waals surface area contributed by atoms with Crippen LogP contribution in [0.1, 0.15) is 73.8 Å². The summed E-state index contributed by atoms with van der Waals surface area (Å²) in [6.07, 6.45) is 4.04. The number of carbonyl (C=O) groups is 1. The van der Waals surface area contributed by atoms with E-state index in [-0.39, 0.29) is 23.1 Å². The fourth-order valence-corrected chi connectivity index (χ4v) is 6.02. The molecule has 7 nitrogen and oxygen atoms in total. The first kappa shape index (κ1) is 25.8. The molecule has 190 valence electrons. The Balaban J connectivity index is 1.40. The molecule has 0 spiro atoms. The van der Waals surface area contributed by atoms with E-state index in [1.807, 2.05) is 12.1 Å². The fraction of sp³-hybridized carbons (Fsp3) is 0.556. The number of ether oxygens (including phenoxy) is 1. The van der Waals surface area contributed by atoms with Gasteiger partial charge < -0.3 is 10.1 Å². The second kappa shape index (κ2) is 10.8. The van der Waals surface area contributed by atoms with Crippen molar-refractivity contribution < 1.29 is 17.9 Å². The average Bonchev–Trinajstić information content (AvgIpc) is 3.21. The van der Waals surface area contributed by atoms with Crippen LogP contribution in [0.25, 0.3) is 0 Å². The van der Waals surface area contributed by atoms with E-state index in [0.717, 1.165) is 26.1 Å². The zero-order valence-corrected chi connectivity index (χ0v) is 22.0. The summed E-state index contributed by atoms with van der Waals surface area (Å²) in [7, 11) is -3.28. The Morgan fingerprint density at radius 3 is 2.66 bits per heavy atom. The third-order valence-electron chi connectivity index (χ3n) is 7.18. The maximum atomic E-state index is 12.9. The van der Waals surface area contributed by atoms with Gasteiger partial charge in [-0.2, -0.15) is 0 Å². The number of pyridine rings is 1. The Bertz CT molecular complexity index is 1140. The van der Waals surface area contributed by atoms with Gasteiger partial charge >= 0.3 is 0 Å². The van der Waals surface area contributed by atoms with Gasteiger partial charge in [0.2, 0.25) is 0 Å². The van der Waals surface area contributed by atoms with Crippen molar-refractivity contribution in [3.8, 4) is 0 Å². The van der Waals surface area contributed by atoms with E-state index in [1.54, 1.807) is 19.1 Å². The Labute approximate surface area is 209 Å². The molecule has 1 N–H and O–H groups in total. The van der Waals surface area contributed by atoms with Crippen molar-refractivity contribution in [2.45, 2.75) is 70.7 Å². The summed E-state index contributed by atoms with van der Waals surface area (Å²) in [4.78, 5) is 19.8. The molecule has 1 saturated heterocycles. The van der Waals surface area contributed by atoms with Crippen LogP contribution in [0.3, 0.4) is 0 Å². The van der Waals surface area contributed by atoms with E-state index in [1.165, 1.54) is 23.7 Å². The highest BCUT2D eigenvalue weighted by molar-refractivity contribution is 7.91. The zero-order valence-electron chi connectivity index (χ0n) is 21.2. The molecule has 0 saturated carbocycles. The molecule has 0 aliphatic carbocycles. The number of aromatic nitrogens is 1. The van der Waals surface area contributed by atoms with Crippen LogP contribution < -0.4 is 5.32 Å². The van der Waals surface area contributed by atoms with Gasteiger partial charge in [-0.1, -0.05) is 26.8 Å². The highest BCUT2D eigenvalue weighted by atomic mass is 32.2. The molecule has 1 fully saturated rings. The van der Waals surface area contributed by atoms with Gasteiger partial charge in [0.25, 0.3) is 5.91 Å². The molecule has 0 radical (unpaired) electrons. The van der Waals surface area contributed by atoms with Gasteiger partial charge in [0.05, 0.1) is 35.6 Å². The summed E-state index contributed by atoms with van der Waals surface area (Å²) in [5, 5.41) is 2.91. The van der Waals surface area contributed by atoms with Gasteiger partial charge in [0.15, 0.2) is 9.84 Å². The number of amides is 1. The number of nitrogens with zero attached hydrogens (tertiary/aromatic N) is 2. The molecule has 8 heteroatoms. The van der Waals surface area contributed by atoms with Gasteiger partial charge in [-0.25, -0.2) is 8.42 Å². The van der Waals surface area contributed by atoms with Crippen molar-refractivity contribution in [1.29, 1.82) is 0 Å². The zero-order chi connectivity index (χ0) is 25.2. The van der Waals surface area contributed by atoms with E-state index in [9.17, 15) is 13.2 Å². The van der Waals surface area contributed by atoms with Crippen LogP contribution in [-0.4, -0.2) is 49.2 Å². The summed E-state index contributed by atoms with van der Waals surface area (Å²) in [6.45, 7) is 11.2. The molecule has 3 atom stereocenters. The van der Waals surface area contributed by atoms with Gasteiger partial charge in [-0.3, -0.25) is 14.7 Å². The second-order valence-corrected chi connectivity index (χ2v) is 12.5. The Morgan fingerprint density at radius 2 is 2.03 bits per heavy atom. The lowest BCUT2D eigenvalue weighted by Crippen LogP contribution is -2.35. The topological polar surface area (TPSA) is 88.6 Å². The van der Waals surface area contributed by atoms with E-state index in [0.29, 0.717) is 35.2 Å². The Morgan fingerprint density at radius 1 is 1.23 bits per heavy atom. The molecule has 0 bridgehead atoms. The van der Waals surface area contributed by atoms with Crippen LogP contribution >= 0.6 is 0 Å². The van der Waals surface area contributed by atoms with Crippen LogP contribution in [0, 0.1) is 11.8 Å². The van der Waals surface area contributed by atoms with Crippen molar-refractivity contribution in [2.75, 3.05) is 18.9 Å². The minimum atomic E-state index is -3.28. The molecule has 2 aromatic rings. The monoisotopic (exact) mass is 499 g/mol. The molecule has 1 aromatic heterocycles. The van der Waals surface area contributed by atoms with Crippen LogP contribution in [0.2, 0.25) is 0 Å². The van der Waals surface area contributed by atoms with Gasteiger partial charge in [0.1, 0.15) is 0 Å². The summed E-state index contributed by atoms with van der Waals surface area (Å²) < 4.78 is 29.8. The number of fused-ring (bicyclic) bond motifs is 1. The van der Waals surface area contributed by atoms with E-state index >= 15 is 0 Å². The molecule has 1 amide bonds. The molecule has 3 heterocycles. The minimum Gasteiger partial charge on any atom is -0.378 e. The fourth-order valence-electron chi connectivity index (χ4n) is 5.20. The lowest BCUT2D eigenvalue weighted by atomic mass is 9.93. The smallest absolute Gasteiger partial charge is 0.251 e. The second-order valence-electron chi connectivity index (χ2n) is 10.2. The van der Waals surface area contributed by atoms with Crippen molar-refractivity contribution >= 4 is 15.7 Å². The minimum absolute atomic E-state index is 0.0336. The van der Waals surface area contributed by atoms with Crippen LogP contribution in [-0.2, 0) is 27.7 Å². The van der Waals surface area contributed by atoms with E-state index in [4.69, 9.17) is 4.74 Å². The third-order valence-corrected chi connectivity index (χ3v) is 8.90. The number of hydrogen-bond donors (Lipinski definition) is 1. The van der Waals surface area contributed by atoms with Crippen LogP contribution in [0.4, 0.5) is 0 Å². The van der Waals surface area contributed by atoms with Gasteiger partial charge in [-0.05, 0) is 67.0 Å². The molecular weight excluding hydrogens is 462 g/mol. The van der Waals surface area contributed by atoms with Gasteiger partial charge in [0, 0.05) is 30.9 Å². The normalized spacial score (nSPS) is 22.8. The number of rotatable bonds is 8. The van der Waals surface area contributed by atoms with Crippen LogP contribution in [0.5, 0.6) is 0 Å². The number of sulfone groups is 1. The summed E-state index contributed by atoms with van der Waals surface area (Å²) in [5.41, 5.74) is 3.78. The van der Waals surface area contributed by atoms with Gasteiger partial charge in [-0.15, -0.1) is 0 Å².